The first kappa shape index (κ1) is 21.4. The van der Waals surface area contributed by atoms with E-state index in [1.807, 2.05) is 25.1 Å². The van der Waals surface area contributed by atoms with Crippen LogP contribution in [0.15, 0.2) is 24.3 Å². The summed E-state index contributed by atoms with van der Waals surface area (Å²) in [6.07, 6.45) is 1.32. The van der Waals surface area contributed by atoms with Gasteiger partial charge in [0.25, 0.3) is 11.5 Å². The number of hydrogen-bond donors (Lipinski definition) is 1. The molecule has 2 N–H and O–H groups in total. The number of halogens is 1. The molecular formula is C20H26ClN3O5. The maximum atomic E-state index is 12.6. The third-order valence-corrected chi connectivity index (χ3v) is 5.85. The molecule has 9 heteroatoms. The van der Waals surface area contributed by atoms with Crippen molar-refractivity contribution >= 4 is 35.3 Å². The highest BCUT2D eigenvalue weighted by Crippen LogP contribution is 2.52. The molecule has 3 rings (SSSR count). The summed E-state index contributed by atoms with van der Waals surface area (Å²) in [5.74, 6) is -1.97. The van der Waals surface area contributed by atoms with Gasteiger partial charge in [-0.05, 0) is 31.5 Å². The minimum Gasteiger partial charge on any atom is -0.373 e. The molecule has 0 aromatic heterocycles. The molecule has 0 saturated carbocycles. The van der Waals surface area contributed by atoms with Crippen molar-refractivity contribution in [3.8, 4) is 0 Å². The van der Waals surface area contributed by atoms with Crippen LogP contribution in [0.3, 0.4) is 0 Å². The smallest absolute Gasteiger partial charge is 0.373 e. The van der Waals surface area contributed by atoms with Gasteiger partial charge in [-0.3, -0.25) is 4.79 Å². The number of carbonyl (C=O) groups is 3. The van der Waals surface area contributed by atoms with Crippen LogP contribution in [0.1, 0.15) is 33.1 Å². The number of hydrogen-bond acceptors (Lipinski definition) is 6. The molecule has 2 fully saturated rings. The van der Waals surface area contributed by atoms with E-state index in [4.69, 9.17) is 26.8 Å². The summed E-state index contributed by atoms with van der Waals surface area (Å²) >= 11 is 6.03. The van der Waals surface area contributed by atoms with Gasteiger partial charge in [0.1, 0.15) is 5.60 Å². The van der Waals surface area contributed by atoms with Gasteiger partial charge in [-0.15, -0.1) is 0 Å². The number of piperazine rings is 1. The standard InChI is InChI=1S/C20H26ClN3O5/c1-3-4-8-19(2)20(29-19,16(22)25)17(26)28-18(27)24-11-9-23(10-12-24)15-7-5-6-14(21)13-15/h5-7,13H,3-4,8-12H2,1-2H3,(H2,22,25). The predicted molar refractivity (Wildman–Crippen MR) is 108 cm³/mol. The van der Waals surface area contributed by atoms with E-state index in [0.29, 0.717) is 37.6 Å². The number of esters is 1. The first-order valence-corrected chi connectivity index (χ1v) is 10.1. The van der Waals surface area contributed by atoms with Gasteiger partial charge >= 0.3 is 12.1 Å². The van der Waals surface area contributed by atoms with Crippen molar-refractivity contribution in [2.75, 3.05) is 31.1 Å². The van der Waals surface area contributed by atoms with E-state index in [1.54, 1.807) is 13.0 Å². The third kappa shape index (κ3) is 4.04. The van der Waals surface area contributed by atoms with E-state index in [-0.39, 0.29) is 0 Å². The molecule has 2 aliphatic heterocycles. The van der Waals surface area contributed by atoms with Crippen molar-refractivity contribution in [3.05, 3.63) is 29.3 Å². The molecule has 1 aromatic rings. The van der Waals surface area contributed by atoms with E-state index in [0.717, 1.165) is 18.5 Å². The van der Waals surface area contributed by atoms with Crippen molar-refractivity contribution in [3.63, 3.8) is 0 Å². The van der Waals surface area contributed by atoms with Gasteiger partial charge in [0.15, 0.2) is 0 Å². The summed E-state index contributed by atoms with van der Waals surface area (Å²) in [7, 11) is 0. The van der Waals surface area contributed by atoms with Crippen LogP contribution in [-0.2, 0) is 19.1 Å². The van der Waals surface area contributed by atoms with Crippen molar-refractivity contribution in [2.24, 2.45) is 5.73 Å². The van der Waals surface area contributed by atoms with Crippen molar-refractivity contribution < 1.29 is 23.9 Å². The number of ether oxygens (including phenoxy) is 2. The highest BCUT2D eigenvalue weighted by molar-refractivity contribution is 6.30. The molecule has 29 heavy (non-hydrogen) atoms. The Labute approximate surface area is 174 Å². The van der Waals surface area contributed by atoms with Crippen LogP contribution in [-0.4, -0.2) is 60.3 Å². The van der Waals surface area contributed by atoms with Crippen molar-refractivity contribution in [1.29, 1.82) is 0 Å². The van der Waals surface area contributed by atoms with Crippen LogP contribution in [0.25, 0.3) is 0 Å². The molecule has 0 bridgehead atoms. The number of rotatable bonds is 6. The average Bonchev–Trinajstić information content (AvgIpc) is 3.34. The number of epoxide rings is 1. The highest BCUT2D eigenvalue weighted by atomic mass is 35.5. The molecule has 1 aromatic carbocycles. The lowest BCUT2D eigenvalue weighted by atomic mass is 9.89. The lowest BCUT2D eigenvalue weighted by Gasteiger charge is -2.35. The zero-order chi connectivity index (χ0) is 21.2. The molecule has 8 nitrogen and oxygen atoms in total. The lowest BCUT2D eigenvalue weighted by Crippen LogP contribution is -2.52. The number of nitrogens with two attached hydrogens (primary N) is 1. The summed E-state index contributed by atoms with van der Waals surface area (Å²) < 4.78 is 10.4. The van der Waals surface area contributed by atoms with Gasteiger partial charge < -0.3 is 25.0 Å². The van der Waals surface area contributed by atoms with Crippen molar-refractivity contribution in [1.82, 2.24) is 4.90 Å². The number of carbonyl (C=O) groups excluding carboxylic acids is 3. The van der Waals surface area contributed by atoms with Crippen LogP contribution < -0.4 is 10.6 Å². The van der Waals surface area contributed by atoms with Gasteiger partial charge in [-0.25, -0.2) is 9.59 Å². The normalized spacial score (nSPS) is 26.2. The molecule has 2 atom stereocenters. The molecule has 2 unspecified atom stereocenters. The summed E-state index contributed by atoms with van der Waals surface area (Å²) in [5.41, 5.74) is 3.47. The van der Waals surface area contributed by atoms with Gasteiger partial charge in [-0.1, -0.05) is 37.4 Å². The monoisotopic (exact) mass is 423 g/mol. The molecule has 0 aliphatic carbocycles. The summed E-state index contributed by atoms with van der Waals surface area (Å²) in [6.45, 7) is 5.50. The number of benzene rings is 1. The highest BCUT2D eigenvalue weighted by Gasteiger charge is 2.77. The Hall–Kier alpha value is -2.32. The van der Waals surface area contributed by atoms with E-state index < -0.39 is 29.2 Å². The second-order valence-electron chi connectivity index (χ2n) is 7.59. The summed E-state index contributed by atoms with van der Waals surface area (Å²) in [5, 5.41) is 0.641. The average molecular weight is 424 g/mol. The fraction of sp³-hybridized carbons (Fsp3) is 0.550. The lowest BCUT2D eigenvalue weighted by molar-refractivity contribution is -0.148. The van der Waals surface area contributed by atoms with Crippen LogP contribution in [0.5, 0.6) is 0 Å². The third-order valence-electron chi connectivity index (χ3n) is 5.61. The molecule has 2 saturated heterocycles. The predicted octanol–water partition coefficient (Wildman–Crippen LogP) is 2.33. The molecule has 2 aliphatic rings. The first-order chi connectivity index (χ1) is 13.7. The molecule has 2 amide bonds. The van der Waals surface area contributed by atoms with E-state index in [2.05, 4.69) is 4.90 Å². The van der Waals surface area contributed by atoms with Crippen molar-refractivity contribution in [2.45, 2.75) is 44.3 Å². The summed E-state index contributed by atoms with van der Waals surface area (Å²) in [6, 6.07) is 7.47. The minimum absolute atomic E-state index is 0.371. The number of nitrogens with zero attached hydrogens (tertiary/aromatic N) is 2. The van der Waals surface area contributed by atoms with E-state index in [1.165, 1.54) is 4.90 Å². The second-order valence-corrected chi connectivity index (χ2v) is 8.03. The zero-order valence-corrected chi connectivity index (χ0v) is 17.4. The molecule has 0 radical (unpaired) electrons. The Bertz CT molecular complexity index is 811. The first-order valence-electron chi connectivity index (χ1n) is 9.75. The van der Waals surface area contributed by atoms with Crippen LogP contribution in [0.4, 0.5) is 10.5 Å². The minimum atomic E-state index is -1.89. The van der Waals surface area contributed by atoms with Crippen LogP contribution in [0.2, 0.25) is 5.02 Å². The Morgan fingerprint density at radius 1 is 1.24 bits per heavy atom. The Morgan fingerprint density at radius 2 is 1.93 bits per heavy atom. The topological polar surface area (TPSA) is 105 Å². The Balaban J connectivity index is 1.58. The van der Waals surface area contributed by atoms with E-state index >= 15 is 0 Å². The maximum absolute atomic E-state index is 12.6. The fourth-order valence-corrected chi connectivity index (χ4v) is 3.94. The second kappa shape index (κ2) is 8.20. The molecule has 2 heterocycles. The van der Waals surface area contributed by atoms with Crippen LogP contribution >= 0.6 is 11.6 Å². The van der Waals surface area contributed by atoms with Crippen LogP contribution in [0, 0.1) is 0 Å². The van der Waals surface area contributed by atoms with Gasteiger partial charge in [0.05, 0.1) is 0 Å². The quantitative estimate of drug-likeness (QED) is 0.427. The Morgan fingerprint density at radius 3 is 2.52 bits per heavy atom. The fourth-order valence-electron chi connectivity index (χ4n) is 3.76. The number of anilines is 1. The zero-order valence-electron chi connectivity index (χ0n) is 16.7. The van der Waals surface area contributed by atoms with Gasteiger partial charge in [0, 0.05) is 36.9 Å². The van der Waals surface area contributed by atoms with E-state index in [9.17, 15) is 14.4 Å². The number of primary amides is 1. The molecule has 158 valence electrons. The van der Waals surface area contributed by atoms with Gasteiger partial charge in [0.2, 0.25) is 0 Å². The Kier molecular flexibility index (Phi) is 6.05. The summed E-state index contributed by atoms with van der Waals surface area (Å²) in [4.78, 5) is 40.5. The largest absolute Gasteiger partial charge is 0.417 e. The SMILES string of the molecule is CCCCC1(C)OC1(C(N)=O)C(=O)OC(=O)N1CCN(c2cccc(Cl)c2)CC1. The molecule has 0 spiro atoms. The maximum Gasteiger partial charge on any atom is 0.417 e. The molecular weight excluding hydrogens is 398 g/mol. The number of amides is 2. The van der Waals surface area contributed by atoms with Gasteiger partial charge in [-0.2, -0.15) is 0 Å². The number of unbranched alkanes of at least 4 members (excludes halogenated alkanes) is 1.